The van der Waals surface area contributed by atoms with Gasteiger partial charge in [-0.3, -0.25) is 0 Å². The van der Waals surface area contributed by atoms with Crippen LogP contribution in [0.25, 0.3) is 0 Å². The van der Waals surface area contributed by atoms with Crippen molar-refractivity contribution in [2.45, 2.75) is 16.7 Å². The van der Waals surface area contributed by atoms with E-state index in [1.54, 1.807) is 13.0 Å². The zero-order chi connectivity index (χ0) is 17.4. The predicted octanol–water partition coefficient (Wildman–Crippen LogP) is 0.918. The number of hydrogen-bond acceptors (Lipinski definition) is 8. The van der Waals surface area contributed by atoms with E-state index in [-0.39, 0.29) is 21.4 Å². The van der Waals surface area contributed by atoms with Gasteiger partial charge in [-0.05, 0) is 25.1 Å². The lowest BCUT2D eigenvalue weighted by atomic mass is 10.3. The van der Waals surface area contributed by atoms with Gasteiger partial charge < -0.3 is 11.1 Å². The smallest absolute Gasteiger partial charge is 0.222 e. The Bertz CT molecular complexity index is 899. The Labute approximate surface area is 134 Å². The van der Waals surface area contributed by atoms with E-state index in [0.717, 1.165) is 18.6 Å². The summed E-state index contributed by atoms with van der Waals surface area (Å²) in [6, 6.07) is 5.38. The first-order valence-corrected chi connectivity index (χ1v) is 10.2. The highest BCUT2D eigenvalue weighted by molar-refractivity contribution is 7.91. The Morgan fingerprint density at radius 3 is 1.87 bits per heavy atom. The third-order valence-corrected chi connectivity index (χ3v) is 5.06. The second kappa shape index (κ2) is 5.78. The molecule has 0 fully saturated rings. The molecule has 1 aromatic heterocycles. The summed E-state index contributed by atoms with van der Waals surface area (Å²) in [5, 5.41) is 2.85. The Balaban J connectivity index is 2.57. The summed E-state index contributed by atoms with van der Waals surface area (Å²) in [6.45, 7) is 1.72. The average Bonchev–Trinajstić information content (AvgIpc) is 2.34. The topological polar surface area (TPSA) is 132 Å². The molecular weight excluding hydrogens is 340 g/mol. The van der Waals surface area contributed by atoms with Crippen LogP contribution < -0.4 is 11.1 Å². The number of nitrogens with zero attached hydrogens (tertiary/aromatic N) is 2. The highest BCUT2D eigenvalue weighted by Crippen LogP contribution is 2.25. The van der Waals surface area contributed by atoms with E-state index < -0.39 is 19.7 Å². The zero-order valence-corrected chi connectivity index (χ0v) is 14.4. The zero-order valence-electron chi connectivity index (χ0n) is 12.7. The molecule has 23 heavy (non-hydrogen) atoms. The van der Waals surface area contributed by atoms with Crippen LogP contribution in [0.15, 0.2) is 34.1 Å². The summed E-state index contributed by atoms with van der Waals surface area (Å²) in [4.78, 5) is 7.67. The molecule has 0 saturated heterocycles. The highest BCUT2D eigenvalue weighted by Gasteiger charge is 2.16. The van der Waals surface area contributed by atoms with Gasteiger partial charge in [-0.25, -0.2) is 21.8 Å². The molecule has 3 N–H and O–H groups in total. The maximum atomic E-state index is 11.8. The normalized spacial score (nSPS) is 12.1. The minimum Gasteiger partial charge on any atom is -0.368 e. The fourth-order valence-corrected chi connectivity index (χ4v) is 3.31. The Kier molecular flexibility index (Phi) is 4.31. The van der Waals surface area contributed by atoms with Gasteiger partial charge in [0.25, 0.3) is 0 Å². The molecule has 0 aliphatic rings. The minimum atomic E-state index is -3.58. The second-order valence-electron chi connectivity index (χ2n) is 5.12. The van der Waals surface area contributed by atoms with Gasteiger partial charge in [0.15, 0.2) is 19.7 Å². The van der Waals surface area contributed by atoms with Crippen LogP contribution in [0.2, 0.25) is 0 Å². The number of aromatic nitrogens is 2. The standard InChI is InChI=1S/C13H16N4O4S2/c1-8-4-12(17-13(14)15-8)16-9-5-10(22(2,18)19)7-11(6-9)23(3,20)21/h4-7H,1-3H3,(H3,14,15,16,17). The molecule has 2 aromatic rings. The quantitative estimate of drug-likeness (QED) is 0.826. The van der Waals surface area contributed by atoms with Crippen molar-refractivity contribution in [3.63, 3.8) is 0 Å². The van der Waals surface area contributed by atoms with Crippen LogP contribution in [-0.2, 0) is 19.7 Å². The molecule has 1 heterocycles. The summed E-state index contributed by atoms with van der Waals surface area (Å²) in [5.41, 5.74) is 6.44. The molecule has 2 rings (SSSR count). The van der Waals surface area contributed by atoms with Crippen molar-refractivity contribution in [1.29, 1.82) is 0 Å². The average molecular weight is 356 g/mol. The highest BCUT2D eigenvalue weighted by atomic mass is 32.2. The number of benzene rings is 1. The van der Waals surface area contributed by atoms with Gasteiger partial charge in [-0.2, -0.15) is 4.98 Å². The van der Waals surface area contributed by atoms with E-state index in [2.05, 4.69) is 15.3 Å². The maximum absolute atomic E-state index is 11.8. The monoisotopic (exact) mass is 356 g/mol. The molecule has 0 unspecified atom stereocenters. The molecule has 0 saturated carbocycles. The molecule has 0 amide bonds. The molecule has 124 valence electrons. The van der Waals surface area contributed by atoms with Gasteiger partial charge in [-0.15, -0.1) is 0 Å². The number of anilines is 3. The fraction of sp³-hybridized carbons (Fsp3) is 0.231. The van der Waals surface area contributed by atoms with E-state index in [1.807, 2.05) is 0 Å². The molecule has 10 heteroatoms. The summed E-state index contributed by atoms with van der Waals surface area (Å²) < 4.78 is 47.0. The van der Waals surface area contributed by atoms with E-state index in [4.69, 9.17) is 5.73 Å². The Morgan fingerprint density at radius 2 is 1.43 bits per heavy atom. The van der Waals surface area contributed by atoms with Gasteiger partial charge in [0.05, 0.1) is 9.79 Å². The van der Waals surface area contributed by atoms with Gasteiger partial charge in [0.2, 0.25) is 5.95 Å². The number of nitrogen functional groups attached to an aromatic ring is 1. The molecule has 8 nitrogen and oxygen atoms in total. The minimum absolute atomic E-state index is 0.0510. The molecule has 0 spiro atoms. The predicted molar refractivity (Wildman–Crippen MR) is 87.1 cm³/mol. The van der Waals surface area contributed by atoms with Crippen LogP contribution in [0.3, 0.4) is 0 Å². The lowest BCUT2D eigenvalue weighted by Crippen LogP contribution is -2.06. The number of nitrogens with two attached hydrogens (primary N) is 1. The number of aryl methyl sites for hydroxylation is 1. The van der Waals surface area contributed by atoms with Crippen molar-refractivity contribution in [3.05, 3.63) is 30.0 Å². The van der Waals surface area contributed by atoms with Crippen molar-refractivity contribution in [3.8, 4) is 0 Å². The first-order valence-electron chi connectivity index (χ1n) is 6.38. The van der Waals surface area contributed by atoms with Crippen molar-refractivity contribution in [1.82, 2.24) is 9.97 Å². The number of sulfone groups is 2. The van der Waals surface area contributed by atoms with Crippen molar-refractivity contribution < 1.29 is 16.8 Å². The largest absolute Gasteiger partial charge is 0.368 e. The summed E-state index contributed by atoms with van der Waals surface area (Å²) >= 11 is 0. The van der Waals surface area contributed by atoms with Crippen molar-refractivity contribution in [2.75, 3.05) is 23.6 Å². The molecule has 0 aliphatic heterocycles. The SMILES string of the molecule is Cc1cc(Nc2cc(S(C)(=O)=O)cc(S(C)(=O)=O)c2)nc(N)n1. The molecule has 0 atom stereocenters. The van der Waals surface area contributed by atoms with E-state index in [1.165, 1.54) is 12.1 Å². The van der Waals surface area contributed by atoms with Crippen LogP contribution in [0, 0.1) is 6.92 Å². The number of nitrogens with one attached hydrogen (secondary N) is 1. The first kappa shape index (κ1) is 17.2. The summed E-state index contributed by atoms with van der Waals surface area (Å²) in [6.07, 6.45) is 2.01. The Morgan fingerprint density at radius 1 is 0.913 bits per heavy atom. The third kappa shape index (κ3) is 4.39. The van der Waals surface area contributed by atoms with Crippen LogP contribution in [0.5, 0.6) is 0 Å². The number of rotatable bonds is 4. The van der Waals surface area contributed by atoms with Gasteiger partial charge in [-0.1, -0.05) is 0 Å². The summed E-state index contributed by atoms with van der Waals surface area (Å²) in [5.74, 6) is 0.384. The van der Waals surface area contributed by atoms with Gasteiger partial charge >= 0.3 is 0 Å². The number of hydrogen-bond donors (Lipinski definition) is 2. The third-order valence-electron chi connectivity index (χ3n) is 2.88. The van der Waals surface area contributed by atoms with Crippen molar-refractivity contribution >= 4 is 37.1 Å². The molecule has 0 aliphatic carbocycles. The molecule has 0 bridgehead atoms. The van der Waals surface area contributed by atoms with E-state index in [9.17, 15) is 16.8 Å². The second-order valence-corrected chi connectivity index (χ2v) is 9.15. The van der Waals surface area contributed by atoms with E-state index >= 15 is 0 Å². The van der Waals surface area contributed by atoms with Crippen LogP contribution >= 0.6 is 0 Å². The lowest BCUT2D eigenvalue weighted by Gasteiger charge is -2.10. The lowest BCUT2D eigenvalue weighted by molar-refractivity contribution is 0.600. The van der Waals surface area contributed by atoms with Crippen LogP contribution in [-0.4, -0.2) is 39.3 Å². The van der Waals surface area contributed by atoms with E-state index in [0.29, 0.717) is 11.5 Å². The van der Waals surface area contributed by atoms with Crippen LogP contribution in [0.1, 0.15) is 5.69 Å². The molecular formula is C13H16N4O4S2. The first-order chi connectivity index (χ1) is 10.4. The summed E-state index contributed by atoms with van der Waals surface area (Å²) in [7, 11) is -7.16. The Hall–Kier alpha value is -2.20. The van der Waals surface area contributed by atoms with Gasteiger partial charge in [0.1, 0.15) is 5.82 Å². The molecule has 1 aromatic carbocycles. The van der Waals surface area contributed by atoms with Crippen LogP contribution in [0.4, 0.5) is 17.5 Å². The fourth-order valence-electron chi connectivity index (χ4n) is 1.88. The molecule has 0 radical (unpaired) electrons. The van der Waals surface area contributed by atoms with Crippen molar-refractivity contribution in [2.24, 2.45) is 0 Å². The maximum Gasteiger partial charge on any atom is 0.222 e. The van der Waals surface area contributed by atoms with Gasteiger partial charge in [0, 0.05) is 30.0 Å².